The molecule has 2 aromatic heterocycles. The van der Waals surface area contributed by atoms with Crippen LogP contribution in [-0.4, -0.2) is 20.1 Å². The van der Waals surface area contributed by atoms with Crippen LogP contribution in [0.3, 0.4) is 0 Å². The molecule has 16 heavy (non-hydrogen) atoms. The maximum absolute atomic E-state index is 9.59. The molecule has 2 aromatic rings. The highest BCUT2D eigenvalue weighted by molar-refractivity contribution is 7.99. The highest BCUT2D eigenvalue weighted by atomic mass is 32.2. The first-order valence-corrected chi connectivity index (χ1v) is 5.66. The Morgan fingerprint density at radius 1 is 1.25 bits per heavy atom. The lowest BCUT2D eigenvalue weighted by Crippen LogP contribution is -1.96. The summed E-state index contributed by atoms with van der Waals surface area (Å²) in [6.45, 7) is 1.72. The number of hydrogen-bond acceptors (Lipinski definition) is 5. The van der Waals surface area contributed by atoms with E-state index in [1.54, 1.807) is 31.7 Å². The molecule has 0 aliphatic carbocycles. The minimum absolute atomic E-state index is 0.534. The standard InChI is InChI=1S/C11H11N3OS/c1-8(15)9-3-2-4-14-11(9)16-10-7-12-5-6-13-10/h2-8,15H,1H3/t8-/m1/s1. The molecular formula is C11H11N3OS. The predicted octanol–water partition coefficient (Wildman–Crippen LogP) is 2.08. The van der Waals surface area contributed by atoms with Gasteiger partial charge in [-0.05, 0) is 24.8 Å². The van der Waals surface area contributed by atoms with Crippen LogP contribution in [0, 0.1) is 0 Å². The molecule has 0 amide bonds. The van der Waals surface area contributed by atoms with E-state index in [1.807, 2.05) is 12.1 Å². The van der Waals surface area contributed by atoms with Crippen molar-refractivity contribution in [2.75, 3.05) is 0 Å². The van der Waals surface area contributed by atoms with Gasteiger partial charge in [0.2, 0.25) is 0 Å². The summed E-state index contributed by atoms with van der Waals surface area (Å²) in [5, 5.41) is 11.1. The molecule has 2 rings (SSSR count). The molecule has 0 spiro atoms. The van der Waals surface area contributed by atoms with Crippen LogP contribution in [0.2, 0.25) is 0 Å². The van der Waals surface area contributed by atoms with Gasteiger partial charge in [0.15, 0.2) is 0 Å². The second-order valence-electron chi connectivity index (χ2n) is 3.22. The van der Waals surface area contributed by atoms with E-state index in [0.29, 0.717) is 0 Å². The Balaban J connectivity index is 2.28. The third kappa shape index (κ3) is 2.56. The zero-order valence-electron chi connectivity index (χ0n) is 8.74. The molecule has 1 atom stereocenters. The maximum atomic E-state index is 9.59. The van der Waals surface area contributed by atoms with Crippen LogP contribution < -0.4 is 0 Å². The van der Waals surface area contributed by atoms with Crippen molar-refractivity contribution >= 4 is 11.8 Å². The van der Waals surface area contributed by atoms with E-state index in [1.165, 1.54) is 11.8 Å². The number of aromatic nitrogens is 3. The van der Waals surface area contributed by atoms with Crippen molar-refractivity contribution in [3.05, 3.63) is 42.5 Å². The third-order valence-electron chi connectivity index (χ3n) is 1.99. The van der Waals surface area contributed by atoms with Crippen molar-refractivity contribution in [1.82, 2.24) is 15.0 Å². The van der Waals surface area contributed by atoms with Gasteiger partial charge in [0, 0.05) is 24.2 Å². The van der Waals surface area contributed by atoms with Crippen LogP contribution >= 0.6 is 11.8 Å². The van der Waals surface area contributed by atoms with Crippen LogP contribution in [0.25, 0.3) is 0 Å². The Labute approximate surface area is 97.8 Å². The van der Waals surface area contributed by atoms with Crippen molar-refractivity contribution in [1.29, 1.82) is 0 Å². The smallest absolute Gasteiger partial charge is 0.121 e. The van der Waals surface area contributed by atoms with Gasteiger partial charge in [-0.1, -0.05) is 6.07 Å². The van der Waals surface area contributed by atoms with Crippen molar-refractivity contribution in [3.8, 4) is 0 Å². The topological polar surface area (TPSA) is 58.9 Å². The molecule has 0 aromatic carbocycles. The minimum atomic E-state index is -0.534. The second kappa shape index (κ2) is 5.05. The van der Waals surface area contributed by atoms with Crippen LogP contribution in [0.1, 0.15) is 18.6 Å². The minimum Gasteiger partial charge on any atom is -0.389 e. The van der Waals surface area contributed by atoms with E-state index in [4.69, 9.17) is 0 Å². The molecule has 2 heterocycles. The number of hydrogen-bond donors (Lipinski definition) is 1. The van der Waals surface area contributed by atoms with Gasteiger partial charge in [-0.25, -0.2) is 9.97 Å². The SMILES string of the molecule is C[C@@H](O)c1cccnc1Sc1cnccn1. The lowest BCUT2D eigenvalue weighted by molar-refractivity contribution is 0.195. The normalized spacial score (nSPS) is 12.4. The van der Waals surface area contributed by atoms with E-state index < -0.39 is 6.10 Å². The van der Waals surface area contributed by atoms with Gasteiger partial charge in [-0.2, -0.15) is 0 Å². The molecule has 0 unspecified atom stereocenters. The van der Waals surface area contributed by atoms with Crippen molar-refractivity contribution < 1.29 is 5.11 Å². The van der Waals surface area contributed by atoms with Crippen LogP contribution in [-0.2, 0) is 0 Å². The number of pyridine rings is 1. The molecule has 4 nitrogen and oxygen atoms in total. The molecule has 0 bridgehead atoms. The van der Waals surface area contributed by atoms with Gasteiger partial charge < -0.3 is 5.11 Å². The fraction of sp³-hybridized carbons (Fsp3) is 0.182. The fourth-order valence-electron chi connectivity index (χ4n) is 1.24. The molecule has 5 heteroatoms. The number of nitrogens with zero attached hydrogens (tertiary/aromatic N) is 3. The van der Waals surface area contributed by atoms with Gasteiger partial charge in [-0.15, -0.1) is 0 Å². The Bertz CT molecular complexity index is 462. The van der Waals surface area contributed by atoms with Crippen molar-refractivity contribution in [3.63, 3.8) is 0 Å². The molecule has 0 saturated carbocycles. The zero-order chi connectivity index (χ0) is 11.4. The predicted molar refractivity (Wildman–Crippen MR) is 61.0 cm³/mol. The first kappa shape index (κ1) is 11.0. The lowest BCUT2D eigenvalue weighted by Gasteiger charge is -2.09. The highest BCUT2D eigenvalue weighted by Gasteiger charge is 2.10. The number of rotatable bonds is 3. The third-order valence-corrected chi connectivity index (χ3v) is 2.95. The Kier molecular flexibility index (Phi) is 3.48. The van der Waals surface area contributed by atoms with E-state index in [-0.39, 0.29) is 0 Å². The van der Waals surface area contributed by atoms with Gasteiger partial charge in [0.05, 0.1) is 12.3 Å². The summed E-state index contributed by atoms with van der Waals surface area (Å²) >= 11 is 1.40. The van der Waals surface area contributed by atoms with Gasteiger partial charge in [0.25, 0.3) is 0 Å². The van der Waals surface area contributed by atoms with Crippen LogP contribution in [0.15, 0.2) is 47.0 Å². The summed E-state index contributed by atoms with van der Waals surface area (Å²) < 4.78 is 0. The Morgan fingerprint density at radius 3 is 2.81 bits per heavy atom. The quantitative estimate of drug-likeness (QED) is 0.879. The summed E-state index contributed by atoms with van der Waals surface area (Å²) in [4.78, 5) is 12.4. The fourth-order valence-corrected chi connectivity index (χ4v) is 2.14. The molecule has 0 radical (unpaired) electrons. The molecule has 0 aliphatic rings. The molecule has 0 aliphatic heterocycles. The molecule has 0 fully saturated rings. The number of aliphatic hydroxyl groups is 1. The number of aliphatic hydroxyl groups excluding tert-OH is 1. The largest absolute Gasteiger partial charge is 0.389 e. The first-order valence-electron chi connectivity index (χ1n) is 4.84. The van der Waals surface area contributed by atoms with E-state index in [2.05, 4.69) is 15.0 Å². The molecule has 82 valence electrons. The summed E-state index contributed by atoms with van der Waals surface area (Å²) in [5.74, 6) is 0. The van der Waals surface area contributed by atoms with Crippen LogP contribution in [0.5, 0.6) is 0 Å². The van der Waals surface area contributed by atoms with Gasteiger partial charge >= 0.3 is 0 Å². The summed E-state index contributed by atoms with van der Waals surface area (Å²) in [7, 11) is 0. The first-order chi connectivity index (χ1) is 7.77. The summed E-state index contributed by atoms with van der Waals surface area (Å²) in [5.41, 5.74) is 0.804. The zero-order valence-corrected chi connectivity index (χ0v) is 9.56. The van der Waals surface area contributed by atoms with Gasteiger partial charge in [0.1, 0.15) is 10.1 Å². The summed E-state index contributed by atoms with van der Waals surface area (Å²) in [6.07, 6.45) is 6.09. The maximum Gasteiger partial charge on any atom is 0.121 e. The lowest BCUT2D eigenvalue weighted by atomic mass is 10.2. The van der Waals surface area contributed by atoms with Crippen molar-refractivity contribution in [2.45, 2.75) is 23.1 Å². The Morgan fingerprint density at radius 2 is 2.12 bits per heavy atom. The van der Waals surface area contributed by atoms with Crippen molar-refractivity contribution in [2.24, 2.45) is 0 Å². The van der Waals surface area contributed by atoms with E-state index in [9.17, 15) is 5.11 Å². The average Bonchev–Trinajstić information content (AvgIpc) is 2.31. The second-order valence-corrected chi connectivity index (χ2v) is 4.23. The van der Waals surface area contributed by atoms with Gasteiger partial charge in [-0.3, -0.25) is 4.98 Å². The average molecular weight is 233 g/mol. The van der Waals surface area contributed by atoms with E-state index >= 15 is 0 Å². The monoisotopic (exact) mass is 233 g/mol. The highest BCUT2D eigenvalue weighted by Crippen LogP contribution is 2.29. The Hall–Kier alpha value is -1.46. The molecule has 0 saturated heterocycles. The summed E-state index contributed by atoms with van der Waals surface area (Å²) in [6, 6.07) is 3.67. The molecular weight excluding hydrogens is 222 g/mol. The molecule has 1 N–H and O–H groups in total. The van der Waals surface area contributed by atoms with E-state index in [0.717, 1.165) is 15.6 Å². The van der Waals surface area contributed by atoms with Crippen LogP contribution in [0.4, 0.5) is 0 Å².